The van der Waals surface area contributed by atoms with Gasteiger partial charge in [0, 0.05) is 26.2 Å². The van der Waals surface area contributed by atoms with Crippen LogP contribution in [0.4, 0.5) is 4.79 Å². The summed E-state index contributed by atoms with van der Waals surface area (Å²) in [5.74, 6) is 0. The average Bonchev–Trinajstić information content (AvgIpc) is 2.79. The van der Waals surface area contributed by atoms with E-state index in [1.165, 1.54) is 25.7 Å². The second-order valence-corrected chi connectivity index (χ2v) is 6.38. The van der Waals surface area contributed by atoms with E-state index in [9.17, 15) is 4.79 Å². The summed E-state index contributed by atoms with van der Waals surface area (Å²) in [6, 6.07) is 0.174. The molecule has 0 bridgehead atoms. The van der Waals surface area contributed by atoms with Crippen molar-refractivity contribution in [2.75, 3.05) is 39.4 Å². The van der Waals surface area contributed by atoms with Crippen molar-refractivity contribution in [1.82, 2.24) is 9.80 Å². The van der Waals surface area contributed by atoms with Crippen LogP contribution in [0.2, 0.25) is 0 Å². The molecule has 21 heavy (non-hydrogen) atoms. The SMILES string of the molecule is CCCN(C(=O)N1CCOCC1)C1(CN)CCCCCC1. The Balaban J connectivity index is 2.15. The van der Waals surface area contributed by atoms with Crippen molar-refractivity contribution in [3.8, 4) is 0 Å². The normalized spacial score (nSPS) is 22.7. The zero-order chi connectivity index (χ0) is 15.1. The van der Waals surface area contributed by atoms with Crippen molar-refractivity contribution in [3.63, 3.8) is 0 Å². The van der Waals surface area contributed by atoms with E-state index >= 15 is 0 Å². The molecular weight excluding hydrogens is 266 g/mol. The lowest BCUT2D eigenvalue weighted by molar-refractivity contribution is 0.0247. The monoisotopic (exact) mass is 297 g/mol. The predicted molar refractivity (Wildman–Crippen MR) is 84.3 cm³/mol. The van der Waals surface area contributed by atoms with Crippen molar-refractivity contribution < 1.29 is 9.53 Å². The van der Waals surface area contributed by atoms with Gasteiger partial charge in [0.15, 0.2) is 0 Å². The van der Waals surface area contributed by atoms with Gasteiger partial charge in [0.1, 0.15) is 0 Å². The molecule has 2 rings (SSSR count). The summed E-state index contributed by atoms with van der Waals surface area (Å²) in [7, 11) is 0. The van der Waals surface area contributed by atoms with Crippen LogP contribution in [0.15, 0.2) is 0 Å². The number of amides is 2. The van der Waals surface area contributed by atoms with Gasteiger partial charge in [-0.1, -0.05) is 32.6 Å². The lowest BCUT2D eigenvalue weighted by atomic mass is 9.88. The molecule has 1 aliphatic carbocycles. The second kappa shape index (κ2) is 7.99. The lowest BCUT2D eigenvalue weighted by Gasteiger charge is -2.45. The number of hydrogen-bond donors (Lipinski definition) is 1. The van der Waals surface area contributed by atoms with Crippen LogP contribution in [0, 0.1) is 0 Å². The number of urea groups is 1. The van der Waals surface area contributed by atoms with E-state index in [0.717, 1.165) is 25.8 Å². The first-order valence-electron chi connectivity index (χ1n) is 8.58. The van der Waals surface area contributed by atoms with Gasteiger partial charge in [0.05, 0.1) is 18.8 Å². The van der Waals surface area contributed by atoms with Gasteiger partial charge in [-0.25, -0.2) is 4.79 Å². The van der Waals surface area contributed by atoms with E-state index < -0.39 is 0 Å². The number of hydrogen-bond acceptors (Lipinski definition) is 3. The summed E-state index contributed by atoms with van der Waals surface area (Å²) >= 11 is 0. The maximum Gasteiger partial charge on any atom is 0.320 e. The van der Waals surface area contributed by atoms with Gasteiger partial charge in [-0.15, -0.1) is 0 Å². The third-order valence-corrected chi connectivity index (χ3v) is 4.95. The quantitative estimate of drug-likeness (QED) is 0.809. The Bertz CT molecular complexity index is 321. The topological polar surface area (TPSA) is 58.8 Å². The maximum absolute atomic E-state index is 13.0. The molecule has 5 heteroatoms. The van der Waals surface area contributed by atoms with Crippen LogP contribution in [0.3, 0.4) is 0 Å². The summed E-state index contributed by atoms with van der Waals surface area (Å²) in [4.78, 5) is 17.1. The van der Waals surface area contributed by atoms with E-state index in [-0.39, 0.29) is 11.6 Å². The van der Waals surface area contributed by atoms with Gasteiger partial charge >= 0.3 is 6.03 Å². The predicted octanol–water partition coefficient (Wildman–Crippen LogP) is 2.20. The number of carbonyl (C=O) groups is 1. The fourth-order valence-corrected chi connectivity index (χ4v) is 3.66. The molecule has 2 aliphatic rings. The van der Waals surface area contributed by atoms with Crippen molar-refractivity contribution in [2.45, 2.75) is 57.4 Å². The minimum Gasteiger partial charge on any atom is -0.378 e. The Hall–Kier alpha value is -0.810. The molecule has 0 aromatic heterocycles. The highest BCUT2D eigenvalue weighted by Crippen LogP contribution is 2.33. The first kappa shape index (κ1) is 16.6. The molecule has 0 aromatic rings. The van der Waals surface area contributed by atoms with Crippen molar-refractivity contribution in [3.05, 3.63) is 0 Å². The van der Waals surface area contributed by atoms with Gasteiger partial charge < -0.3 is 20.3 Å². The number of ether oxygens (including phenoxy) is 1. The molecule has 0 aromatic carbocycles. The van der Waals surface area contributed by atoms with Crippen molar-refractivity contribution in [1.29, 1.82) is 0 Å². The van der Waals surface area contributed by atoms with Crippen LogP contribution in [0.25, 0.3) is 0 Å². The largest absolute Gasteiger partial charge is 0.378 e. The number of nitrogens with zero attached hydrogens (tertiary/aromatic N) is 2. The number of nitrogens with two attached hydrogens (primary N) is 1. The van der Waals surface area contributed by atoms with Gasteiger partial charge in [-0.05, 0) is 19.3 Å². The van der Waals surface area contributed by atoms with Crippen LogP contribution in [0.5, 0.6) is 0 Å². The van der Waals surface area contributed by atoms with Crippen molar-refractivity contribution >= 4 is 6.03 Å². The Morgan fingerprint density at radius 3 is 2.33 bits per heavy atom. The number of carbonyl (C=O) groups excluding carboxylic acids is 1. The molecule has 1 heterocycles. The molecule has 0 spiro atoms. The fraction of sp³-hybridized carbons (Fsp3) is 0.938. The van der Waals surface area contributed by atoms with Gasteiger partial charge in [-0.3, -0.25) is 0 Å². The standard InChI is InChI=1S/C16H31N3O2/c1-2-9-19(15(20)18-10-12-21-13-11-18)16(14-17)7-5-3-4-6-8-16/h2-14,17H2,1H3. The smallest absolute Gasteiger partial charge is 0.320 e. The fourth-order valence-electron chi connectivity index (χ4n) is 3.66. The Kier molecular flexibility index (Phi) is 6.30. The summed E-state index contributed by atoms with van der Waals surface area (Å²) in [6.45, 7) is 6.26. The lowest BCUT2D eigenvalue weighted by Crippen LogP contribution is -2.60. The van der Waals surface area contributed by atoms with Gasteiger partial charge in [-0.2, -0.15) is 0 Å². The summed E-state index contributed by atoms with van der Waals surface area (Å²) < 4.78 is 5.37. The molecule has 0 unspecified atom stereocenters. The van der Waals surface area contributed by atoms with E-state index in [1.54, 1.807) is 0 Å². The molecule has 5 nitrogen and oxygen atoms in total. The maximum atomic E-state index is 13.0. The Morgan fingerprint density at radius 2 is 1.81 bits per heavy atom. The van der Waals surface area contributed by atoms with E-state index in [4.69, 9.17) is 10.5 Å². The van der Waals surface area contributed by atoms with Gasteiger partial charge in [0.2, 0.25) is 0 Å². The summed E-state index contributed by atoms with van der Waals surface area (Å²) in [5, 5.41) is 0. The number of rotatable bonds is 4. The molecule has 1 aliphatic heterocycles. The van der Waals surface area contributed by atoms with Crippen LogP contribution >= 0.6 is 0 Å². The van der Waals surface area contributed by atoms with Crippen molar-refractivity contribution in [2.24, 2.45) is 5.73 Å². The molecule has 0 atom stereocenters. The first-order valence-corrected chi connectivity index (χ1v) is 8.58. The number of morpholine rings is 1. The Labute approximate surface area is 128 Å². The third kappa shape index (κ3) is 3.89. The van der Waals surface area contributed by atoms with E-state index in [2.05, 4.69) is 11.8 Å². The van der Waals surface area contributed by atoms with Crippen LogP contribution in [-0.2, 0) is 4.74 Å². The molecule has 2 fully saturated rings. The zero-order valence-corrected chi connectivity index (χ0v) is 13.5. The van der Waals surface area contributed by atoms with Crippen LogP contribution in [0.1, 0.15) is 51.9 Å². The zero-order valence-electron chi connectivity index (χ0n) is 13.5. The third-order valence-electron chi connectivity index (χ3n) is 4.95. The minimum absolute atomic E-state index is 0.123. The first-order chi connectivity index (χ1) is 10.2. The Morgan fingerprint density at radius 1 is 1.19 bits per heavy atom. The molecular formula is C16H31N3O2. The summed E-state index contributed by atoms with van der Waals surface area (Å²) in [6.07, 6.45) is 8.01. The molecule has 1 saturated heterocycles. The van der Waals surface area contributed by atoms with Crippen LogP contribution < -0.4 is 5.73 Å². The molecule has 1 saturated carbocycles. The highest BCUT2D eigenvalue weighted by Gasteiger charge is 2.40. The van der Waals surface area contributed by atoms with Gasteiger partial charge in [0.25, 0.3) is 0 Å². The van der Waals surface area contributed by atoms with E-state index in [0.29, 0.717) is 32.8 Å². The summed E-state index contributed by atoms with van der Waals surface area (Å²) in [5.41, 5.74) is 6.05. The molecule has 0 radical (unpaired) electrons. The second-order valence-electron chi connectivity index (χ2n) is 6.38. The molecule has 2 amide bonds. The van der Waals surface area contributed by atoms with Crippen LogP contribution in [-0.4, -0.2) is 60.8 Å². The van der Waals surface area contributed by atoms with E-state index in [1.807, 2.05) is 4.90 Å². The average molecular weight is 297 g/mol. The minimum atomic E-state index is -0.123. The molecule has 2 N–H and O–H groups in total. The highest BCUT2D eigenvalue weighted by atomic mass is 16.5. The highest BCUT2D eigenvalue weighted by molar-refractivity contribution is 5.75. The molecule has 122 valence electrons.